The van der Waals surface area contributed by atoms with Gasteiger partial charge in [0.05, 0.1) is 16.6 Å². The summed E-state index contributed by atoms with van der Waals surface area (Å²) in [5.74, 6) is 0.0609. The van der Waals surface area contributed by atoms with Crippen molar-refractivity contribution in [1.29, 1.82) is 5.26 Å². The molecule has 0 aromatic heterocycles. The summed E-state index contributed by atoms with van der Waals surface area (Å²) in [5, 5.41) is 9.48. The highest BCUT2D eigenvalue weighted by Gasteiger charge is 2.36. The van der Waals surface area contributed by atoms with Gasteiger partial charge in [0.1, 0.15) is 6.07 Å². The number of nitriles is 1. The quantitative estimate of drug-likeness (QED) is 0.849. The number of carbonyl (C=O) groups is 1. The Morgan fingerprint density at radius 1 is 1.33 bits per heavy atom. The Morgan fingerprint density at radius 2 is 2.00 bits per heavy atom. The molecule has 0 aliphatic carbocycles. The Kier molecular flexibility index (Phi) is 4.39. The van der Waals surface area contributed by atoms with E-state index in [4.69, 9.17) is 16.9 Å². The summed E-state index contributed by atoms with van der Waals surface area (Å²) in [6, 6.07) is 5.76. The van der Waals surface area contributed by atoms with E-state index in [0.29, 0.717) is 17.1 Å². The second-order valence-corrected chi connectivity index (χ2v) is 5.66. The van der Waals surface area contributed by atoms with Crippen LogP contribution in [0.4, 0.5) is 0 Å². The molecule has 1 aromatic rings. The van der Waals surface area contributed by atoms with E-state index in [9.17, 15) is 4.79 Å². The van der Waals surface area contributed by atoms with Crippen LogP contribution < -0.4 is 0 Å². The lowest BCUT2D eigenvalue weighted by molar-refractivity contribution is -0.125. The fourth-order valence-corrected chi connectivity index (χ4v) is 3.32. The van der Waals surface area contributed by atoms with Gasteiger partial charge in [0, 0.05) is 12.1 Å². The van der Waals surface area contributed by atoms with Crippen LogP contribution in [-0.4, -0.2) is 23.4 Å². The second-order valence-electron chi connectivity index (χ2n) is 5.28. The van der Waals surface area contributed by atoms with Crippen LogP contribution in [0.25, 0.3) is 5.57 Å². The first-order valence-electron chi connectivity index (χ1n) is 7.19. The van der Waals surface area contributed by atoms with Crippen LogP contribution in [0.1, 0.15) is 43.9 Å². The lowest BCUT2D eigenvalue weighted by Crippen LogP contribution is -2.34. The van der Waals surface area contributed by atoms with Gasteiger partial charge in [-0.2, -0.15) is 5.26 Å². The molecule has 0 radical (unpaired) electrons. The fraction of sp³-hybridized carbons (Fsp3) is 0.412. The number of halogens is 1. The molecule has 1 aliphatic heterocycles. The topological polar surface area (TPSA) is 44.1 Å². The first-order valence-corrected chi connectivity index (χ1v) is 7.56. The van der Waals surface area contributed by atoms with E-state index in [0.717, 1.165) is 28.7 Å². The van der Waals surface area contributed by atoms with Crippen LogP contribution in [-0.2, 0) is 4.79 Å². The van der Waals surface area contributed by atoms with Crippen molar-refractivity contribution in [3.8, 4) is 6.07 Å². The van der Waals surface area contributed by atoms with Gasteiger partial charge in [-0.25, -0.2) is 0 Å². The Balaban J connectivity index is 2.62. The zero-order chi connectivity index (χ0) is 15.7. The minimum Gasteiger partial charge on any atom is -0.332 e. The molecule has 110 valence electrons. The van der Waals surface area contributed by atoms with Crippen LogP contribution in [0, 0.1) is 18.3 Å². The first-order chi connectivity index (χ1) is 9.97. The predicted molar refractivity (Wildman–Crippen MR) is 85.0 cm³/mol. The smallest absolute Gasteiger partial charge is 0.254 e. The van der Waals surface area contributed by atoms with Crippen molar-refractivity contribution in [2.45, 2.75) is 40.2 Å². The van der Waals surface area contributed by atoms with Crippen molar-refractivity contribution in [2.75, 3.05) is 6.54 Å². The molecule has 0 fully saturated rings. The molecule has 1 amide bonds. The van der Waals surface area contributed by atoms with Crippen LogP contribution in [0.3, 0.4) is 0 Å². The molecule has 1 atom stereocenters. The summed E-state index contributed by atoms with van der Waals surface area (Å²) in [6.07, 6.45) is 0.901. The van der Waals surface area contributed by atoms with Crippen LogP contribution in [0.2, 0.25) is 5.02 Å². The maximum atomic E-state index is 12.7. The normalized spacial score (nSPS) is 18.4. The van der Waals surface area contributed by atoms with Crippen molar-refractivity contribution in [2.24, 2.45) is 0 Å². The van der Waals surface area contributed by atoms with E-state index >= 15 is 0 Å². The zero-order valence-electron chi connectivity index (χ0n) is 12.8. The number of rotatable bonds is 3. The van der Waals surface area contributed by atoms with Crippen molar-refractivity contribution < 1.29 is 4.79 Å². The third-order valence-electron chi connectivity index (χ3n) is 4.25. The standard InChI is InChI=1S/C17H19ClN2O/c1-5-14-11(4)15(17(21)20(14)6-2)13-8-7-12(9-19)16(18)10(13)3/h7-8,14H,5-6H2,1-4H3. The van der Waals surface area contributed by atoms with Crippen LogP contribution in [0.15, 0.2) is 17.7 Å². The summed E-state index contributed by atoms with van der Waals surface area (Å²) in [5.41, 5.74) is 3.92. The summed E-state index contributed by atoms with van der Waals surface area (Å²) in [7, 11) is 0. The average Bonchev–Trinajstić information content (AvgIpc) is 2.72. The molecule has 0 N–H and O–H groups in total. The molecule has 0 spiro atoms. The first kappa shape index (κ1) is 15.6. The highest BCUT2D eigenvalue weighted by atomic mass is 35.5. The van der Waals surface area contributed by atoms with E-state index in [1.165, 1.54) is 0 Å². The van der Waals surface area contributed by atoms with Crippen molar-refractivity contribution >= 4 is 23.1 Å². The number of amides is 1. The Labute approximate surface area is 130 Å². The van der Waals surface area contributed by atoms with Gasteiger partial charge in [0.2, 0.25) is 0 Å². The van der Waals surface area contributed by atoms with Gasteiger partial charge >= 0.3 is 0 Å². The SMILES string of the molecule is CCC1C(C)=C(c2ccc(C#N)c(Cl)c2C)C(=O)N1CC. The number of nitrogens with zero attached hydrogens (tertiary/aromatic N) is 2. The van der Waals surface area contributed by atoms with Crippen molar-refractivity contribution in [1.82, 2.24) is 4.90 Å². The molecular weight excluding hydrogens is 284 g/mol. The average molecular weight is 303 g/mol. The monoisotopic (exact) mass is 302 g/mol. The van der Waals surface area contributed by atoms with E-state index < -0.39 is 0 Å². The Morgan fingerprint density at radius 3 is 2.48 bits per heavy atom. The Bertz CT molecular complexity index is 670. The third-order valence-corrected chi connectivity index (χ3v) is 4.74. The molecule has 1 heterocycles. The Hall–Kier alpha value is -1.79. The van der Waals surface area contributed by atoms with E-state index in [1.807, 2.05) is 31.7 Å². The van der Waals surface area contributed by atoms with Crippen LogP contribution >= 0.6 is 11.6 Å². The number of carbonyl (C=O) groups excluding carboxylic acids is 1. The number of hydrogen-bond donors (Lipinski definition) is 0. The summed E-state index contributed by atoms with van der Waals surface area (Å²) in [4.78, 5) is 14.6. The lowest BCUT2D eigenvalue weighted by atomic mass is 9.94. The largest absolute Gasteiger partial charge is 0.332 e. The molecule has 0 saturated carbocycles. The maximum absolute atomic E-state index is 12.7. The molecular formula is C17H19ClN2O. The predicted octanol–water partition coefficient (Wildman–Crippen LogP) is 3.93. The zero-order valence-corrected chi connectivity index (χ0v) is 13.6. The fourth-order valence-electron chi connectivity index (χ4n) is 3.11. The highest BCUT2D eigenvalue weighted by molar-refractivity contribution is 6.33. The number of likely N-dealkylation sites (N-methyl/N-ethyl adjacent to an activating group) is 1. The van der Waals surface area contributed by atoms with E-state index in [1.54, 1.807) is 6.07 Å². The minimum atomic E-state index is 0.0609. The third kappa shape index (κ3) is 2.34. The molecule has 1 aromatic carbocycles. The van der Waals surface area contributed by atoms with Gasteiger partial charge in [-0.05, 0) is 50.0 Å². The highest BCUT2D eigenvalue weighted by Crippen LogP contribution is 2.37. The molecule has 2 rings (SSSR count). The van der Waals surface area contributed by atoms with E-state index in [2.05, 4.69) is 13.0 Å². The number of benzene rings is 1. The van der Waals surface area contributed by atoms with E-state index in [-0.39, 0.29) is 11.9 Å². The van der Waals surface area contributed by atoms with Gasteiger partial charge in [-0.3, -0.25) is 4.79 Å². The number of hydrogen-bond acceptors (Lipinski definition) is 2. The summed E-state index contributed by atoms with van der Waals surface area (Å²) < 4.78 is 0. The van der Waals surface area contributed by atoms with Crippen LogP contribution in [0.5, 0.6) is 0 Å². The molecule has 1 unspecified atom stereocenters. The molecule has 0 bridgehead atoms. The van der Waals surface area contributed by atoms with Gasteiger partial charge < -0.3 is 4.90 Å². The van der Waals surface area contributed by atoms with Gasteiger partial charge in [0.25, 0.3) is 5.91 Å². The van der Waals surface area contributed by atoms with Crippen molar-refractivity contribution in [3.63, 3.8) is 0 Å². The van der Waals surface area contributed by atoms with Gasteiger partial charge in [-0.1, -0.05) is 24.6 Å². The minimum absolute atomic E-state index is 0.0609. The summed E-state index contributed by atoms with van der Waals surface area (Å²) in [6.45, 7) is 8.66. The molecule has 21 heavy (non-hydrogen) atoms. The maximum Gasteiger partial charge on any atom is 0.254 e. The molecule has 3 nitrogen and oxygen atoms in total. The molecule has 0 saturated heterocycles. The lowest BCUT2D eigenvalue weighted by Gasteiger charge is -2.23. The van der Waals surface area contributed by atoms with Gasteiger partial charge in [0.15, 0.2) is 0 Å². The molecule has 1 aliphatic rings. The summed E-state index contributed by atoms with van der Waals surface area (Å²) >= 11 is 6.24. The second kappa shape index (κ2) is 5.91. The van der Waals surface area contributed by atoms with Gasteiger partial charge in [-0.15, -0.1) is 0 Å². The van der Waals surface area contributed by atoms with Crippen molar-refractivity contribution in [3.05, 3.63) is 39.4 Å². The molecule has 4 heteroatoms.